The summed E-state index contributed by atoms with van der Waals surface area (Å²) in [6.45, 7) is 1.72. The minimum atomic E-state index is -0.292. The summed E-state index contributed by atoms with van der Waals surface area (Å²) in [6, 6.07) is 1.68. The van der Waals surface area contributed by atoms with Gasteiger partial charge in [-0.1, -0.05) is 16.1 Å². The Hall–Kier alpha value is -1.05. The van der Waals surface area contributed by atoms with Crippen LogP contribution in [0.15, 0.2) is 16.7 Å². The highest BCUT2D eigenvalue weighted by molar-refractivity contribution is 9.10. The zero-order valence-corrected chi connectivity index (χ0v) is 11.7. The third-order valence-corrected chi connectivity index (χ3v) is 3.47. The van der Waals surface area contributed by atoms with Gasteiger partial charge in [-0.3, -0.25) is 4.79 Å². The topological polar surface area (TPSA) is 67.8 Å². The Morgan fingerprint density at radius 2 is 2.35 bits per heavy atom. The van der Waals surface area contributed by atoms with Crippen molar-refractivity contribution in [1.29, 1.82) is 0 Å². The maximum absolute atomic E-state index is 11.9. The second-order valence-electron chi connectivity index (χ2n) is 3.13. The molecule has 5 nitrogen and oxygen atoms in total. The summed E-state index contributed by atoms with van der Waals surface area (Å²) >= 11 is 10.2. The van der Waals surface area contributed by atoms with Gasteiger partial charge >= 0.3 is 0 Å². The highest BCUT2D eigenvalue weighted by Crippen LogP contribution is 2.24. The van der Waals surface area contributed by atoms with Crippen molar-refractivity contribution in [2.45, 2.75) is 6.92 Å². The van der Waals surface area contributed by atoms with Crippen LogP contribution in [0.1, 0.15) is 15.4 Å². The molecule has 8 heteroatoms. The third kappa shape index (κ3) is 2.80. The minimum Gasteiger partial charge on any atom is -0.318 e. The maximum atomic E-state index is 11.9. The van der Waals surface area contributed by atoms with Crippen molar-refractivity contribution in [1.82, 2.24) is 14.6 Å². The molecule has 0 saturated heterocycles. The summed E-state index contributed by atoms with van der Waals surface area (Å²) in [5, 5.41) is 6.66. The number of carbonyl (C=O) groups is 1. The quantitative estimate of drug-likeness (QED) is 0.858. The molecule has 0 radical (unpaired) electrons. The number of pyridine rings is 1. The Labute approximate surface area is 115 Å². The Morgan fingerprint density at radius 1 is 1.59 bits per heavy atom. The van der Waals surface area contributed by atoms with Crippen molar-refractivity contribution < 1.29 is 4.79 Å². The molecule has 2 heterocycles. The van der Waals surface area contributed by atoms with Gasteiger partial charge in [-0.05, 0) is 40.5 Å². The van der Waals surface area contributed by atoms with Crippen molar-refractivity contribution >= 4 is 50.7 Å². The lowest BCUT2D eigenvalue weighted by Crippen LogP contribution is -2.12. The van der Waals surface area contributed by atoms with E-state index in [4.69, 9.17) is 11.6 Å². The molecule has 0 atom stereocenters. The van der Waals surface area contributed by atoms with Crippen LogP contribution in [0.4, 0.5) is 5.69 Å². The predicted octanol–water partition coefficient (Wildman–Crippen LogP) is 2.91. The lowest BCUT2D eigenvalue weighted by molar-refractivity contribution is 0.103. The van der Waals surface area contributed by atoms with Crippen molar-refractivity contribution in [3.05, 3.63) is 32.5 Å². The smallest absolute Gasteiger partial charge is 0.269 e. The predicted molar refractivity (Wildman–Crippen MR) is 69.5 cm³/mol. The Kier molecular flexibility index (Phi) is 3.70. The van der Waals surface area contributed by atoms with Gasteiger partial charge in [-0.25, -0.2) is 4.98 Å². The molecule has 0 fully saturated rings. The molecule has 0 aliphatic rings. The highest BCUT2D eigenvalue weighted by Gasteiger charge is 2.15. The van der Waals surface area contributed by atoms with Crippen molar-refractivity contribution in [3.63, 3.8) is 0 Å². The number of aryl methyl sites for hydroxylation is 1. The summed E-state index contributed by atoms with van der Waals surface area (Å²) in [6.07, 6.45) is 1.55. The number of rotatable bonds is 2. The van der Waals surface area contributed by atoms with Crippen LogP contribution in [-0.4, -0.2) is 20.5 Å². The van der Waals surface area contributed by atoms with Gasteiger partial charge in [0.2, 0.25) is 0 Å². The molecule has 0 spiro atoms. The zero-order chi connectivity index (χ0) is 12.4. The number of aromatic nitrogens is 3. The highest BCUT2D eigenvalue weighted by atomic mass is 79.9. The first-order valence-electron chi connectivity index (χ1n) is 4.49. The Balaban J connectivity index is 2.24. The number of anilines is 1. The van der Waals surface area contributed by atoms with Crippen LogP contribution in [0.2, 0.25) is 5.15 Å². The van der Waals surface area contributed by atoms with E-state index in [1.54, 1.807) is 19.2 Å². The average Bonchev–Trinajstić information content (AvgIpc) is 2.70. The molecule has 2 aromatic heterocycles. The molecule has 1 N–H and O–H groups in total. The van der Waals surface area contributed by atoms with E-state index in [-0.39, 0.29) is 11.1 Å². The van der Waals surface area contributed by atoms with Crippen molar-refractivity contribution in [2.24, 2.45) is 0 Å². The van der Waals surface area contributed by atoms with Gasteiger partial charge in [0, 0.05) is 10.7 Å². The van der Waals surface area contributed by atoms with Crippen LogP contribution >= 0.6 is 39.1 Å². The van der Waals surface area contributed by atoms with E-state index in [0.717, 1.165) is 16.0 Å². The standard InChI is InChI=1S/C9H6BrClN4OS/c1-4-7(17-15-14-4)9(16)13-6-2-5(10)3-12-8(6)11/h2-3H,1H3,(H,13,16). The lowest BCUT2D eigenvalue weighted by Gasteiger charge is -2.05. The van der Waals surface area contributed by atoms with Gasteiger partial charge < -0.3 is 5.32 Å². The first-order chi connectivity index (χ1) is 8.08. The van der Waals surface area contributed by atoms with Gasteiger partial charge in [0.1, 0.15) is 4.88 Å². The van der Waals surface area contributed by atoms with Gasteiger partial charge in [-0.15, -0.1) is 5.10 Å². The second kappa shape index (κ2) is 5.07. The second-order valence-corrected chi connectivity index (χ2v) is 5.16. The van der Waals surface area contributed by atoms with E-state index in [2.05, 4.69) is 35.8 Å². The SMILES string of the molecule is Cc1nnsc1C(=O)Nc1cc(Br)cnc1Cl. The van der Waals surface area contributed by atoms with Gasteiger partial charge in [0.05, 0.1) is 11.4 Å². The summed E-state index contributed by atoms with van der Waals surface area (Å²) in [4.78, 5) is 16.2. The lowest BCUT2D eigenvalue weighted by atomic mass is 10.3. The van der Waals surface area contributed by atoms with E-state index in [1.807, 2.05) is 0 Å². The van der Waals surface area contributed by atoms with Crippen LogP contribution in [0.5, 0.6) is 0 Å². The number of hydrogen-bond acceptors (Lipinski definition) is 5. The van der Waals surface area contributed by atoms with E-state index >= 15 is 0 Å². The van der Waals surface area contributed by atoms with E-state index in [9.17, 15) is 4.79 Å². The first-order valence-corrected chi connectivity index (χ1v) is 6.43. The number of amides is 1. The average molecular weight is 334 g/mol. The summed E-state index contributed by atoms with van der Waals surface area (Å²) < 4.78 is 4.43. The summed E-state index contributed by atoms with van der Waals surface area (Å²) in [5.41, 5.74) is 1.03. The Morgan fingerprint density at radius 3 is 3.00 bits per heavy atom. The van der Waals surface area contributed by atoms with Gasteiger partial charge in [0.25, 0.3) is 5.91 Å². The van der Waals surface area contributed by atoms with E-state index in [1.165, 1.54) is 0 Å². The number of halogens is 2. The normalized spacial score (nSPS) is 10.3. The zero-order valence-electron chi connectivity index (χ0n) is 8.57. The molecule has 0 saturated carbocycles. The number of nitrogens with zero attached hydrogens (tertiary/aromatic N) is 3. The first kappa shape index (κ1) is 12.4. The summed E-state index contributed by atoms with van der Waals surface area (Å²) in [5.74, 6) is -0.292. The molecular weight excluding hydrogens is 328 g/mol. The van der Waals surface area contributed by atoms with Crippen LogP contribution in [-0.2, 0) is 0 Å². The third-order valence-electron chi connectivity index (χ3n) is 1.91. The van der Waals surface area contributed by atoms with Gasteiger partial charge in [0.15, 0.2) is 5.15 Å². The van der Waals surface area contributed by atoms with Gasteiger partial charge in [-0.2, -0.15) is 0 Å². The fraction of sp³-hybridized carbons (Fsp3) is 0.111. The molecule has 0 aliphatic heterocycles. The number of carbonyl (C=O) groups excluding carboxylic acids is 1. The number of hydrogen-bond donors (Lipinski definition) is 1. The molecule has 0 bridgehead atoms. The molecule has 17 heavy (non-hydrogen) atoms. The Bertz CT molecular complexity index is 574. The van der Waals surface area contributed by atoms with Crippen LogP contribution in [0.25, 0.3) is 0 Å². The largest absolute Gasteiger partial charge is 0.318 e. The molecule has 0 aliphatic carbocycles. The maximum Gasteiger partial charge on any atom is 0.269 e. The number of nitrogens with one attached hydrogen (secondary N) is 1. The molecule has 0 aromatic carbocycles. The minimum absolute atomic E-state index is 0.233. The molecule has 2 aromatic rings. The van der Waals surface area contributed by atoms with Crippen LogP contribution < -0.4 is 5.32 Å². The molecular formula is C9H6BrClN4OS. The van der Waals surface area contributed by atoms with Crippen molar-refractivity contribution in [3.8, 4) is 0 Å². The molecule has 1 amide bonds. The molecule has 0 unspecified atom stereocenters. The summed E-state index contributed by atoms with van der Waals surface area (Å²) in [7, 11) is 0. The van der Waals surface area contributed by atoms with Crippen LogP contribution in [0.3, 0.4) is 0 Å². The van der Waals surface area contributed by atoms with Crippen molar-refractivity contribution in [2.75, 3.05) is 5.32 Å². The fourth-order valence-corrected chi connectivity index (χ4v) is 2.16. The fourth-order valence-electron chi connectivity index (χ4n) is 1.13. The van der Waals surface area contributed by atoms with E-state index in [0.29, 0.717) is 16.3 Å². The molecule has 2 rings (SSSR count). The van der Waals surface area contributed by atoms with Crippen LogP contribution in [0, 0.1) is 6.92 Å². The monoisotopic (exact) mass is 332 g/mol. The molecule has 88 valence electrons. The van der Waals surface area contributed by atoms with E-state index < -0.39 is 0 Å².